The molecule has 2 unspecified atom stereocenters. The third-order valence-electron chi connectivity index (χ3n) is 4.10. The molecule has 0 bridgehead atoms. The molecule has 4 nitrogen and oxygen atoms in total. The zero-order valence-corrected chi connectivity index (χ0v) is 15.8. The first-order chi connectivity index (χ1) is 10.3. The highest BCUT2D eigenvalue weighted by Crippen LogP contribution is 2.38. The number of carbonyl (C=O) groups is 2. The lowest BCUT2D eigenvalue weighted by atomic mass is 9.68. The van der Waals surface area contributed by atoms with Gasteiger partial charge in [0.05, 0.1) is 0 Å². The summed E-state index contributed by atoms with van der Waals surface area (Å²) in [4.78, 5) is 24.6. The second-order valence-corrected chi connectivity index (χ2v) is 8.98. The van der Waals surface area contributed by atoms with Crippen LogP contribution in [0.25, 0.3) is 0 Å². The van der Waals surface area contributed by atoms with E-state index in [0.29, 0.717) is 12.2 Å². The summed E-state index contributed by atoms with van der Waals surface area (Å²) < 4.78 is 5.48. The summed E-state index contributed by atoms with van der Waals surface area (Å²) in [6, 6.07) is 0. The minimum atomic E-state index is -0.388. The second kappa shape index (κ2) is 7.06. The molecule has 0 aromatic rings. The number of rotatable bonds is 2. The summed E-state index contributed by atoms with van der Waals surface area (Å²) in [5, 5.41) is 2.81. The van der Waals surface area contributed by atoms with Crippen LogP contribution < -0.4 is 5.32 Å². The lowest BCUT2D eigenvalue weighted by molar-refractivity contribution is -0.136. The van der Waals surface area contributed by atoms with Crippen molar-refractivity contribution in [2.75, 3.05) is 0 Å². The van der Waals surface area contributed by atoms with Crippen molar-refractivity contribution in [2.45, 2.75) is 85.8 Å². The Balaban J connectivity index is 2.69. The maximum atomic E-state index is 12.7. The van der Waals surface area contributed by atoms with Gasteiger partial charge in [-0.2, -0.15) is 0 Å². The van der Waals surface area contributed by atoms with Crippen LogP contribution in [0.2, 0.25) is 0 Å². The van der Waals surface area contributed by atoms with Gasteiger partial charge >= 0.3 is 6.09 Å². The van der Waals surface area contributed by atoms with Gasteiger partial charge in [-0.05, 0) is 52.5 Å². The highest BCUT2D eigenvalue weighted by Gasteiger charge is 2.39. The molecular formula is C19H33NO3. The van der Waals surface area contributed by atoms with E-state index in [1.807, 2.05) is 53.7 Å². The highest BCUT2D eigenvalue weighted by molar-refractivity contribution is 5.89. The zero-order chi connectivity index (χ0) is 17.9. The van der Waals surface area contributed by atoms with Crippen molar-refractivity contribution >= 4 is 11.9 Å². The van der Waals surface area contributed by atoms with Crippen molar-refractivity contribution in [1.29, 1.82) is 0 Å². The van der Waals surface area contributed by atoms with Crippen molar-refractivity contribution in [3.8, 4) is 0 Å². The van der Waals surface area contributed by atoms with Gasteiger partial charge in [0.2, 0.25) is 0 Å². The molecule has 0 radical (unpaired) electrons. The number of nitrogens with one attached hydrogen (secondary N) is 1. The van der Waals surface area contributed by atoms with E-state index in [9.17, 15) is 9.59 Å². The van der Waals surface area contributed by atoms with E-state index in [4.69, 9.17) is 4.74 Å². The normalized spacial score (nSPS) is 27.5. The number of Topliss-reactive ketones (excluding diaryl/α,β-unsaturated/α-hetero) is 1. The van der Waals surface area contributed by atoms with Crippen LogP contribution in [-0.4, -0.2) is 23.5 Å². The fourth-order valence-corrected chi connectivity index (χ4v) is 3.05. The molecule has 132 valence electrons. The van der Waals surface area contributed by atoms with Gasteiger partial charge in [0.1, 0.15) is 11.9 Å². The van der Waals surface area contributed by atoms with Crippen molar-refractivity contribution in [3.63, 3.8) is 0 Å². The standard InChI is InChI=1S/C19H33NO3/c1-17(2,3)15(21)19(7)12-8-10-14(11-9-13-19)23-16(22)20-18(4,5)6/h8,10,14H,9,11-13H2,1-7H3,(H,20,22)/b10-8+. The molecule has 1 amide bonds. The molecule has 4 heteroatoms. The van der Waals surface area contributed by atoms with Gasteiger partial charge in [-0.25, -0.2) is 4.79 Å². The molecule has 1 N–H and O–H groups in total. The molecule has 0 saturated heterocycles. The van der Waals surface area contributed by atoms with Crippen molar-refractivity contribution in [3.05, 3.63) is 12.2 Å². The van der Waals surface area contributed by atoms with Crippen LogP contribution in [0.1, 0.15) is 74.1 Å². The zero-order valence-electron chi connectivity index (χ0n) is 15.8. The molecule has 2 atom stereocenters. The molecule has 1 aliphatic rings. The first-order valence-electron chi connectivity index (χ1n) is 8.54. The van der Waals surface area contributed by atoms with Gasteiger partial charge in [0.15, 0.2) is 0 Å². The number of hydrogen-bond donors (Lipinski definition) is 1. The highest BCUT2D eigenvalue weighted by atomic mass is 16.6. The van der Waals surface area contributed by atoms with Crippen molar-refractivity contribution < 1.29 is 14.3 Å². The molecule has 1 rings (SSSR count). The Bertz CT molecular complexity index is 468. The van der Waals surface area contributed by atoms with E-state index in [2.05, 4.69) is 12.2 Å². The van der Waals surface area contributed by atoms with Crippen LogP contribution in [0.5, 0.6) is 0 Å². The van der Waals surface area contributed by atoms with Crippen LogP contribution in [0.4, 0.5) is 4.79 Å². The summed E-state index contributed by atoms with van der Waals surface area (Å²) in [6.45, 7) is 13.8. The summed E-state index contributed by atoms with van der Waals surface area (Å²) in [6.07, 6.45) is 6.47. The second-order valence-electron chi connectivity index (χ2n) is 8.98. The van der Waals surface area contributed by atoms with Gasteiger partial charge in [-0.15, -0.1) is 0 Å². The fourth-order valence-electron chi connectivity index (χ4n) is 3.05. The van der Waals surface area contributed by atoms with Crippen LogP contribution in [0.3, 0.4) is 0 Å². The number of ether oxygens (including phenoxy) is 1. The van der Waals surface area contributed by atoms with Gasteiger partial charge in [0, 0.05) is 16.4 Å². The predicted octanol–water partition coefficient (Wildman–Crippen LogP) is 4.63. The summed E-state index contributed by atoms with van der Waals surface area (Å²) in [5.41, 5.74) is -0.961. The first-order valence-corrected chi connectivity index (χ1v) is 8.54. The van der Waals surface area contributed by atoms with E-state index in [1.165, 1.54) is 0 Å². The van der Waals surface area contributed by atoms with E-state index < -0.39 is 0 Å². The molecular weight excluding hydrogens is 290 g/mol. The average molecular weight is 323 g/mol. The van der Waals surface area contributed by atoms with Crippen molar-refractivity contribution in [1.82, 2.24) is 5.32 Å². The molecule has 0 fully saturated rings. The quantitative estimate of drug-likeness (QED) is 0.754. The number of amides is 1. The van der Waals surface area contributed by atoms with Gasteiger partial charge < -0.3 is 10.1 Å². The fraction of sp³-hybridized carbons (Fsp3) is 0.789. The van der Waals surface area contributed by atoms with Crippen LogP contribution >= 0.6 is 0 Å². The Kier molecular flexibility index (Phi) is 6.06. The monoisotopic (exact) mass is 323 g/mol. The Morgan fingerprint density at radius 1 is 1.17 bits per heavy atom. The number of allylic oxidation sites excluding steroid dienone is 1. The third kappa shape index (κ3) is 6.36. The van der Waals surface area contributed by atoms with E-state index in [-0.39, 0.29) is 28.6 Å². The maximum absolute atomic E-state index is 12.7. The predicted molar refractivity (Wildman–Crippen MR) is 93.3 cm³/mol. The van der Waals surface area contributed by atoms with E-state index in [0.717, 1.165) is 19.3 Å². The van der Waals surface area contributed by atoms with Crippen LogP contribution in [0.15, 0.2) is 12.2 Å². The molecule has 0 spiro atoms. The lowest BCUT2D eigenvalue weighted by Crippen LogP contribution is -2.42. The molecule has 1 aliphatic carbocycles. The number of hydrogen-bond acceptors (Lipinski definition) is 3. The molecule has 0 aliphatic heterocycles. The minimum Gasteiger partial charge on any atom is -0.442 e. The smallest absolute Gasteiger partial charge is 0.408 e. The minimum absolute atomic E-state index is 0.216. The van der Waals surface area contributed by atoms with Crippen LogP contribution in [0, 0.1) is 10.8 Å². The maximum Gasteiger partial charge on any atom is 0.408 e. The van der Waals surface area contributed by atoms with Gasteiger partial charge in [-0.1, -0.05) is 33.8 Å². The van der Waals surface area contributed by atoms with Crippen molar-refractivity contribution in [2.24, 2.45) is 10.8 Å². The SMILES string of the molecule is CC(C)(C)NC(=O)OC1/C=C/CC(C)(C(=O)C(C)(C)C)CCC1. The van der Waals surface area contributed by atoms with E-state index >= 15 is 0 Å². The van der Waals surface area contributed by atoms with Gasteiger partial charge in [-0.3, -0.25) is 4.79 Å². The molecule has 0 saturated carbocycles. The number of carbonyl (C=O) groups excluding carboxylic acids is 2. The number of alkyl carbamates (subject to hydrolysis) is 1. The Morgan fingerprint density at radius 2 is 1.78 bits per heavy atom. The molecule has 0 aromatic heterocycles. The Hall–Kier alpha value is -1.32. The molecule has 0 heterocycles. The third-order valence-corrected chi connectivity index (χ3v) is 4.10. The summed E-state index contributed by atoms with van der Waals surface area (Å²) >= 11 is 0. The average Bonchev–Trinajstić information content (AvgIpc) is 2.31. The summed E-state index contributed by atoms with van der Waals surface area (Å²) in [5.74, 6) is 0.305. The topological polar surface area (TPSA) is 55.4 Å². The Labute approximate surface area is 141 Å². The lowest BCUT2D eigenvalue weighted by Gasteiger charge is -2.35. The first kappa shape index (κ1) is 19.7. The summed E-state index contributed by atoms with van der Waals surface area (Å²) in [7, 11) is 0. The molecule has 0 aromatic carbocycles. The Morgan fingerprint density at radius 3 is 2.30 bits per heavy atom. The van der Waals surface area contributed by atoms with Crippen LogP contribution in [-0.2, 0) is 9.53 Å². The van der Waals surface area contributed by atoms with Gasteiger partial charge in [0.25, 0.3) is 0 Å². The molecule has 23 heavy (non-hydrogen) atoms. The number of ketones is 1. The van der Waals surface area contributed by atoms with E-state index in [1.54, 1.807) is 0 Å². The largest absolute Gasteiger partial charge is 0.442 e.